The first kappa shape index (κ1) is 14.1. The normalized spacial score (nSPS) is 23.8. The van der Waals surface area contributed by atoms with Crippen LogP contribution in [0.15, 0.2) is 0 Å². The largest absolute Gasteiger partial charge is 0.362 e. The summed E-state index contributed by atoms with van der Waals surface area (Å²) in [5.41, 5.74) is 0. The van der Waals surface area contributed by atoms with E-state index in [9.17, 15) is 0 Å². The SMILES string of the molecule is CN1CCC(CNC(=S)NC2CCCCC2)CC1. The number of rotatable bonds is 3. The van der Waals surface area contributed by atoms with Gasteiger partial charge in [0.1, 0.15) is 0 Å². The third-order valence-corrected chi connectivity index (χ3v) is 4.59. The quantitative estimate of drug-likeness (QED) is 0.768. The van der Waals surface area contributed by atoms with Gasteiger partial charge in [-0.3, -0.25) is 0 Å². The lowest BCUT2D eigenvalue weighted by molar-refractivity contribution is 0.220. The minimum absolute atomic E-state index is 0.622. The van der Waals surface area contributed by atoms with Crippen molar-refractivity contribution in [1.82, 2.24) is 15.5 Å². The molecule has 1 aliphatic carbocycles. The smallest absolute Gasteiger partial charge is 0.166 e. The monoisotopic (exact) mass is 269 g/mol. The number of nitrogens with zero attached hydrogens (tertiary/aromatic N) is 1. The summed E-state index contributed by atoms with van der Waals surface area (Å²) in [4.78, 5) is 2.41. The minimum atomic E-state index is 0.622. The van der Waals surface area contributed by atoms with Crippen molar-refractivity contribution in [3.05, 3.63) is 0 Å². The molecule has 0 spiro atoms. The Bertz CT molecular complexity index is 256. The van der Waals surface area contributed by atoms with Crippen molar-refractivity contribution < 1.29 is 0 Å². The molecule has 0 unspecified atom stereocenters. The number of nitrogens with one attached hydrogen (secondary N) is 2. The molecule has 0 amide bonds. The number of hydrogen-bond acceptors (Lipinski definition) is 2. The van der Waals surface area contributed by atoms with Gasteiger partial charge in [-0.25, -0.2) is 0 Å². The number of piperidine rings is 1. The van der Waals surface area contributed by atoms with E-state index >= 15 is 0 Å². The van der Waals surface area contributed by atoms with Gasteiger partial charge < -0.3 is 15.5 Å². The lowest BCUT2D eigenvalue weighted by Gasteiger charge is -2.30. The van der Waals surface area contributed by atoms with E-state index in [1.165, 1.54) is 58.0 Å². The van der Waals surface area contributed by atoms with E-state index in [-0.39, 0.29) is 0 Å². The van der Waals surface area contributed by atoms with Crippen LogP contribution in [-0.4, -0.2) is 42.7 Å². The molecule has 0 radical (unpaired) electrons. The number of likely N-dealkylation sites (tertiary alicyclic amines) is 1. The molecule has 18 heavy (non-hydrogen) atoms. The summed E-state index contributed by atoms with van der Waals surface area (Å²) in [6.07, 6.45) is 9.29. The van der Waals surface area contributed by atoms with E-state index in [1.807, 2.05) is 0 Å². The molecule has 0 bridgehead atoms. The van der Waals surface area contributed by atoms with Crippen LogP contribution in [0.3, 0.4) is 0 Å². The molecule has 104 valence electrons. The lowest BCUT2D eigenvalue weighted by atomic mass is 9.95. The molecule has 2 N–H and O–H groups in total. The van der Waals surface area contributed by atoms with Crippen molar-refractivity contribution in [2.45, 2.75) is 51.0 Å². The van der Waals surface area contributed by atoms with Crippen LogP contribution >= 0.6 is 12.2 Å². The third-order valence-electron chi connectivity index (χ3n) is 4.33. The van der Waals surface area contributed by atoms with Gasteiger partial charge in [-0.05, 0) is 64.0 Å². The summed E-state index contributed by atoms with van der Waals surface area (Å²) in [5.74, 6) is 0.798. The number of thiocarbonyl (C=S) groups is 1. The van der Waals surface area contributed by atoms with Crippen LogP contribution in [0.25, 0.3) is 0 Å². The Hall–Kier alpha value is -0.350. The molecular weight excluding hydrogens is 242 g/mol. The van der Waals surface area contributed by atoms with E-state index < -0.39 is 0 Å². The highest BCUT2D eigenvalue weighted by molar-refractivity contribution is 7.80. The third kappa shape index (κ3) is 4.73. The zero-order chi connectivity index (χ0) is 12.8. The first-order valence-electron chi connectivity index (χ1n) is 7.47. The highest BCUT2D eigenvalue weighted by Crippen LogP contribution is 2.17. The van der Waals surface area contributed by atoms with Crippen molar-refractivity contribution in [1.29, 1.82) is 0 Å². The molecule has 1 aliphatic heterocycles. The summed E-state index contributed by atoms with van der Waals surface area (Å²) < 4.78 is 0. The van der Waals surface area contributed by atoms with Gasteiger partial charge in [0, 0.05) is 12.6 Å². The molecular formula is C14H27N3S. The summed E-state index contributed by atoms with van der Waals surface area (Å²) in [7, 11) is 2.21. The minimum Gasteiger partial charge on any atom is -0.362 e. The molecule has 4 heteroatoms. The molecule has 0 aromatic carbocycles. The maximum Gasteiger partial charge on any atom is 0.166 e. The van der Waals surface area contributed by atoms with Crippen LogP contribution in [0.4, 0.5) is 0 Å². The Kier molecular flexibility index (Phi) is 5.70. The molecule has 0 aromatic rings. The Morgan fingerprint density at radius 3 is 2.44 bits per heavy atom. The van der Waals surface area contributed by atoms with Gasteiger partial charge >= 0.3 is 0 Å². The molecule has 2 rings (SSSR count). The fourth-order valence-corrected chi connectivity index (χ4v) is 3.24. The van der Waals surface area contributed by atoms with E-state index in [2.05, 4.69) is 22.6 Å². The summed E-state index contributed by atoms with van der Waals surface area (Å²) in [6.45, 7) is 3.51. The Labute approximate surface area is 117 Å². The maximum atomic E-state index is 5.39. The predicted molar refractivity (Wildman–Crippen MR) is 80.8 cm³/mol. The van der Waals surface area contributed by atoms with Crippen LogP contribution in [0.5, 0.6) is 0 Å². The average molecular weight is 269 g/mol. The second-order valence-electron chi connectivity index (χ2n) is 5.94. The highest BCUT2D eigenvalue weighted by atomic mass is 32.1. The van der Waals surface area contributed by atoms with Crippen molar-refractivity contribution in [3.8, 4) is 0 Å². The van der Waals surface area contributed by atoms with Crippen molar-refractivity contribution in [2.24, 2.45) is 5.92 Å². The van der Waals surface area contributed by atoms with E-state index in [1.54, 1.807) is 0 Å². The van der Waals surface area contributed by atoms with Crippen LogP contribution < -0.4 is 10.6 Å². The van der Waals surface area contributed by atoms with Gasteiger partial charge in [0.15, 0.2) is 5.11 Å². The van der Waals surface area contributed by atoms with Crippen molar-refractivity contribution >= 4 is 17.3 Å². The zero-order valence-electron chi connectivity index (χ0n) is 11.6. The maximum absolute atomic E-state index is 5.39. The number of hydrogen-bond donors (Lipinski definition) is 2. The fourth-order valence-electron chi connectivity index (χ4n) is 2.99. The predicted octanol–water partition coefficient (Wildman–Crippen LogP) is 2.12. The molecule has 1 saturated heterocycles. The highest BCUT2D eigenvalue weighted by Gasteiger charge is 2.17. The van der Waals surface area contributed by atoms with Crippen LogP contribution in [0, 0.1) is 5.92 Å². The van der Waals surface area contributed by atoms with Crippen LogP contribution in [0.2, 0.25) is 0 Å². The van der Waals surface area contributed by atoms with Gasteiger partial charge in [-0.1, -0.05) is 19.3 Å². The standard InChI is InChI=1S/C14H27N3S/c1-17-9-7-12(8-10-17)11-15-14(18)16-13-5-3-2-4-6-13/h12-13H,2-11H2,1H3,(H2,15,16,18). The van der Waals surface area contributed by atoms with Gasteiger partial charge in [-0.15, -0.1) is 0 Å². The Morgan fingerprint density at radius 1 is 1.11 bits per heavy atom. The molecule has 1 saturated carbocycles. The zero-order valence-corrected chi connectivity index (χ0v) is 12.4. The first-order chi connectivity index (χ1) is 8.74. The summed E-state index contributed by atoms with van der Waals surface area (Å²) in [5, 5.41) is 7.77. The Balaban J connectivity index is 1.59. The molecule has 3 nitrogen and oxygen atoms in total. The topological polar surface area (TPSA) is 27.3 Å². The molecule has 2 fully saturated rings. The summed E-state index contributed by atoms with van der Waals surface area (Å²) in [6, 6.07) is 0.622. The summed E-state index contributed by atoms with van der Waals surface area (Å²) >= 11 is 5.39. The lowest BCUT2D eigenvalue weighted by Crippen LogP contribution is -2.45. The van der Waals surface area contributed by atoms with Crippen LogP contribution in [0.1, 0.15) is 44.9 Å². The Morgan fingerprint density at radius 2 is 1.78 bits per heavy atom. The average Bonchev–Trinajstić information content (AvgIpc) is 2.39. The van der Waals surface area contributed by atoms with Crippen molar-refractivity contribution in [2.75, 3.05) is 26.7 Å². The van der Waals surface area contributed by atoms with Gasteiger partial charge in [-0.2, -0.15) is 0 Å². The van der Waals surface area contributed by atoms with Gasteiger partial charge in [0.2, 0.25) is 0 Å². The van der Waals surface area contributed by atoms with E-state index in [0.717, 1.165) is 17.6 Å². The van der Waals surface area contributed by atoms with Crippen molar-refractivity contribution in [3.63, 3.8) is 0 Å². The first-order valence-corrected chi connectivity index (χ1v) is 7.88. The van der Waals surface area contributed by atoms with Gasteiger partial charge in [0.25, 0.3) is 0 Å². The fraction of sp³-hybridized carbons (Fsp3) is 0.929. The molecule has 1 heterocycles. The van der Waals surface area contributed by atoms with E-state index in [4.69, 9.17) is 12.2 Å². The second kappa shape index (κ2) is 7.29. The van der Waals surface area contributed by atoms with E-state index in [0.29, 0.717) is 6.04 Å². The van der Waals surface area contributed by atoms with Gasteiger partial charge in [0.05, 0.1) is 0 Å². The molecule has 2 aliphatic rings. The molecule has 0 aromatic heterocycles. The second-order valence-corrected chi connectivity index (χ2v) is 6.34. The van der Waals surface area contributed by atoms with Crippen LogP contribution in [-0.2, 0) is 0 Å². The molecule has 0 atom stereocenters.